The van der Waals surface area contributed by atoms with Gasteiger partial charge in [-0.05, 0) is 43.4 Å². The van der Waals surface area contributed by atoms with E-state index in [1.807, 2.05) is 53.1 Å². The minimum Gasteiger partial charge on any atom is -0.489 e. The van der Waals surface area contributed by atoms with Crippen LogP contribution in [0.3, 0.4) is 0 Å². The van der Waals surface area contributed by atoms with E-state index in [9.17, 15) is 0 Å². The van der Waals surface area contributed by atoms with Crippen molar-refractivity contribution in [2.45, 2.75) is 44.4 Å². The van der Waals surface area contributed by atoms with Crippen LogP contribution in [0.25, 0.3) is 28.0 Å². The van der Waals surface area contributed by atoms with Crippen LogP contribution in [-0.4, -0.2) is 41.6 Å². The van der Waals surface area contributed by atoms with Gasteiger partial charge in [0.25, 0.3) is 0 Å². The molecule has 0 unspecified atom stereocenters. The number of hydrogen-bond acceptors (Lipinski definition) is 7. The number of aromatic nitrogens is 6. The maximum absolute atomic E-state index is 6.06. The lowest BCUT2D eigenvalue weighted by atomic mass is 9.92. The van der Waals surface area contributed by atoms with Gasteiger partial charge in [-0.1, -0.05) is 30.3 Å². The van der Waals surface area contributed by atoms with Crippen molar-refractivity contribution >= 4 is 28.1 Å². The zero-order valence-electron chi connectivity index (χ0n) is 18.7. The second-order valence-corrected chi connectivity index (χ2v) is 8.77. The molecular formula is C25H26N8O. The number of ether oxygens (including phenoxy) is 1. The first-order valence-electron chi connectivity index (χ1n) is 11.6. The molecule has 0 radical (unpaired) electrons. The Bertz CT molecular complexity index is 1420. The molecule has 0 aliphatic heterocycles. The molecule has 1 aliphatic rings. The number of nitrogens with zero attached hydrogens (tertiary/aromatic N) is 5. The standard InChI is InChI=1S/C25H26N8O/c26-17-6-8-18(9-7-17)30-25-31-23-22(27-14-28-23)24(32-25)33-15-29-20-12-19(10-11-21(20)33)34-13-16-4-2-1-3-5-16/h1-5,10-12,14-15,17-18H,6-9,13,26H2,(H2,27,28,30,31,32). The lowest BCUT2D eigenvalue weighted by Crippen LogP contribution is -2.33. The van der Waals surface area contributed by atoms with Crippen molar-refractivity contribution in [3.8, 4) is 11.6 Å². The van der Waals surface area contributed by atoms with Gasteiger partial charge in [0, 0.05) is 18.2 Å². The fraction of sp³-hybridized carbons (Fsp3) is 0.280. The van der Waals surface area contributed by atoms with Crippen molar-refractivity contribution in [3.05, 3.63) is 66.7 Å². The van der Waals surface area contributed by atoms with Crippen LogP contribution < -0.4 is 15.8 Å². The number of anilines is 1. The van der Waals surface area contributed by atoms with Gasteiger partial charge in [0.15, 0.2) is 11.5 Å². The number of hydrogen-bond donors (Lipinski definition) is 3. The zero-order valence-corrected chi connectivity index (χ0v) is 18.7. The quantitative estimate of drug-likeness (QED) is 0.355. The number of benzene rings is 2. The summed E-state index contributed by atoms with van der Waals surface area (Å²) < 4.78 is 7.93. The van der Waals surface area contributed by atoms with Crippen LogP contribution >= 0.6 is 0 Å². The van der Waals surface area contributed by atoms with Crippen molar-refractivity contribution in [1.82, 2.24) is 29.5 Å². The molecular weight excluding hydrogens is 428 g/mol. The second-order valence-electron chi connectivity index (χ2n) is 8.77. The number of fused-ring (bicyclic) bond motifs is 2. The average Bonchev–Trinajstić information content (AvgIpc) is 3.51. The predicted molar refractivity (Wildman–Crippen MR) is 131 cm³/mol. The van der Waals surface area contributed by atoms with Crippen LogP contribution in [0.4, 0.5) is 5.95 Å². The van der Waals surface area contributed by atoms with E-state index >= 15 is 0 Å². The van der Waals surface area contributed by atoms with Gasteiger partial charge >= 0.3 is 0 Å². The highest BCUT2D eigenvalue weighted by Crippen LogP contribution is 2.27. The normalized spacial score (nSPS) is 18.4. The van der Waals surface area contributed by atoms with E-state index in [0.29, 0.717) is 36.1 Å². The molecule has 1 aliphatic carbocycles. The Balaban J connectivity index is 1.30. The second kappa shape index (κ2) is 8.75. The van der Waals surface area contributed by atoms with Crippen molar-refractivity contribution in [2.75, 3.05) is 5.32 Å². The summed E-state index contributed by atoms with van der Waals surface area (Å²) in [6, 6.07) is 16.6. The van der Waals surface area contributed by atoms with Crippen LogP contribution in [-0.2, 0) is 6.61 Å². The predicted octanol–water partition coefficient (Wildman–Crippen LogP) is 3.95. The van der Waals surface area contributed by atoms with Gasteiger partial charge in [0.05, 0.1) is 17.4 Å². The van der Waals surface area contributed by atoms with Gasteiger partial charge in [-0.25, -0.2) is 9.97 Å². The number of nitrogens with one attached hydrogen (secondary N) is 2. The maximum Gasteiger partial charge on any atom is 0.227 e. The summed E-state index contributed by atoms with van der Waals surface area (Å²) in [6.07, 6.45) is 7.46. The fourth-order valence-electron chi connectivity index (χ4n) is 4.49. The summed E-state index contributed by atoms with van der Waals surface area (Å²) in [4.78, 5) is 21.6. The third-order valence-corrected chi connectivity index (χ3v) is 6.37. The minimum atomic E-state index is 0.294. The van der Waals surface area contributed by atoms with Crippen LogP contribution in [0.15, 0.2) is 61.2 Å². The van der Waals surface area contributed by atoms with Gasteiger partial charge in [-0.15, -0.1) is 0 Å². The number of nitrogens with two attached hydrogens (primary N) is 1. The van der Waals surface area contributed by atoms with Crippen molar-refractivity contribution in [1.29, 1.82) is 0 Å². The Morgan fingerprint density at radius 1 is 1.03 bits per heavy atom. The molecule has 0 bridgehead atoms. The molecule has 6 rings (SSSR count). The molecule has 9 heteroatoms. The highest BCUT2D eigenvalue weighted by atomic mass is 16.5. The molecule has 0 saturated heterocycles. The monoisotopic (exact) mass is 454 g/mol. The molecule has 0 amide bonds. The van der Waals surface area contributed by atoms with E-state index < -0.39 is 0 Å². The third kappa shape index (κ3) is 4.06. The lowest BCUT2D eigenvalue weighted by molar-refractivity contribution is 0.306. The van der Waals surface area contributed by atoms with E-state index in [1.165, 1.54) is 0 Å². The van der Waals surface area contributed by atoms with Crippen LogP contribution in [0, 0.1) is 0 Å². The molecule has 1 saturated carbocycles. The van der Waals surface area contributed by atoms with Gasteiger partial charge in [-0.3, -0.25) is 4.57 Å². The van der Waals surface area contributed by atoms with E-state index in [0.717, 1.165) is 53.5 Å². The smallest absolute Gasteiger partial charge is 0.227 e. The van der Waals surface area contributed by atoms with Gasteiger partial charge in [-0.2, -0.15) is 9.97 Å². The van der Waals surface area contributed by atoms with E-state index in [2.05, 4.69) is 25.3 Å². The van der Waals surface area contributed by atoms with E-state index in [-0.39, 0.29) is 0 Å². The van der Waals surface area contributed by atoms with Crippen LogP contribution in [0.5, 0.6) is 5.75 Å². The highest BCUT2D eigenvalue weighted by molar-refractivity contribution is 5.85. The third-order valence-electron chi connectivity index (χ3n) is 6.37. The Labute approximate surface area is 196 Å². The van der Waals surface area contributed by atoms with Crippen molar-refractivity contribution in [3.63, 3.8) is 0 Å². The summed E-state index contributed by atoms with van der Waals surface area (Å²) in [5, 5.41) is 3.49. The van der Waals surface area contributed by atoms with E-state index in [4.69, 9.17) is 15.5 Å². The highest BCUT2D eigenvalue weighted by Gasteiger charge is 2.21. The summed E-state index contributed by atoms with van der Waals surface area (Å²) in [5.74, 6) is 2.05. The molecule has 2 aromatic carbocycles. The van der Waals surface area contributed by atoms with Gasteiger partial charge in [0.1, 0.15) is 24.2 Å². The van der Waals surface area contributed by atoms with Gasteiger partial charge in [0.2, 0.25) is 5.95 Å². The maximum atomic E-state index is 6.06. The summed E-state index contributed by atoms with van der Waals surface area (Å²) in [6.45, 7) is 0.509. The van der Waals surface area contributed by atoms with Crippen molar-refractivity contribution in [2.24, 2.45) is 5.73 Å². The SMILES string of the molecule is NC1CCC(Nc2nc(-n3cnc4cc(OCc5ccccc5)ccc43)c3[nH]cnc3n2)CC1. The lowest BCUT2D eigenvalue weighted by Gasteiger charge is -2.26. The molecule has 9 nitrogen and oxygen atoms in total. The Morgan fingerprint density at radius 3 is 2.74 bits per heavy atom. The van der Waals surface area contributed by atoms with Crippen LogP contribution in [0.2, 0.25) is 0 Å². The average molecular weight is 455 g/mol. The van der Waals surface area contributed by atoms with Crippen molar-refractivity contribution < 1.29 is 4.74 Å². The van der Waals surface area contributed by atoms with Gasteiger partial charge < -0.3 is 20.8 Å². The summed E-state index contributed by atoms with van der Waals surface area (Å²) >= 11 is 0. The first-order valence-corrected chi connectivity index (χ1v) is 11.6. The zero-order chi connectivity index (χ0) is 22.9. The molecule has 1 fully saturated rings. The first kappa shape index (κ1) is 20.6. The molecule has 0 atom stereocenters. The first-order chi connectivity index (χ1) is 16.7. The molecule has 34 heavy (non-hydrogen) atoms. The Morgan fingerprint density at radius 2 is 1.88 bits per heavy atom. The molecule has 3 heterocycles. The minimum absolute atomic E-state index is 0.294. The largest absolute Gasteiger partial charge is 0.489 e. The molecule has 0 spiro atoms. The fourth-order valence-corrected chi connectivity index (χ4v) is 4.49. The number of aromatic amines is 1. The molecule has 3 aromatic heterocycles. The Hall–Kier alpha value is -3.98. The molecule has 4 N–H and O–H groups in total. The summed E-state index contributed by atoms with van der Waals surface area (Å²) in [7, 11) is 0. The van der Waals surface area contributed by atoms with E-state index in [1.54, 1.807) is 12.7 Å². The molecule has 172 valence electrons. The summed E-state index contributed by atoms with van der Waals surface area (Å²) in [5.41, 5.74) is 10.3. The Kier molecular flexibility index (Phi) is 5.31. The van der Waals surface area contributed by atoms with Crippen LogP contribution in [0.1, 0.15) is 31.2 Å². The topological polar surface area (TPSA) is 120 Å². The number of rotatable bonds is 6. The number of imidazole rings is 2. The number of H-pyrrole nitrogens is 1. The molecule has 5 aromatic rings.